The molecule has 0 saturated carbocycles. The number of hydrogen-bond acceptors (Lipinski definition) is 5. The Labute approximate surface area is 108 Å². The maximum absolute atomic E-state index is 5.65. The van der Waals surface area contributed by atoms with Gasteiger partial charge in [-0.3, -0.25) is 4.68 Å². The molecule has 90 valence electrons. The zero-order chi connectivity index (χ0) is 12.3. The zero-order valence-corrected chi connectivity index (χ0v) is 10.6. The Bertz CT molecular complexity index is 492. The summed E-state index contributed by atoms with van der Waals surface area (Å²) in [4.78, 5) is 11.4. The molecule has 1 N–H and O–H groups in total. The van der Waals surface area contributed by atoms with E-state index in [1.807, 2.05) is 19.3 Å². The van der Waals surface area contributed by atoms with Gasteiger partial charge in [0.1, 0.15) is 0 Å². The van der Waals surface area contributed by atoms with Crippen LogP contribution in [-0.4, -0.2) is 31.3 Å². The van der Waals surface area contributed by atoms with Crippen LogP contribution >= 0.6 is 23.2 Å². The molecule has 8 heteroatoms. The smallest absolute Gasteiger partial charge is 0.228 e. The fourth-order valence-corrected chi connectivity index (χ4v) is 1.67. The molecule has 0 amide bonds. The molecule has 0 atom stereocenters. The highest BCUT2D eigenvalue weighted by Crippen LogP contribution is 2.09. The molecule has 0 fully saturated rings. The Morgan fingerprint density at radius 2 is 1.94 bits per heavy atom. The van der Waals surface area contributed by atoms with E-state index < -0.39 is 0 Å². The summed E-state index contributed by atoms with van der Waals surface area (Å²) in [5.41, 5.74) is 0.992. The van der Waals surface area contributed by atoms with Crippen LogP contribution in [0.3, 0.4) is 0 Å². The zero-order valence-electron chi connectivity index (χ0n) is 9.06. The highest BCUT2D eigenvalue weighted by molar-refractivity contribution is 6.31. The molecular weight excluding hydrogens is 263 g/mol. The average Bonchev–Trinajstić information content (AvgIpc) is 2.63. The molecule has 0 bridgehead atoms. The van der Waals surface area contributed by atoms with Crippen molar-refractivity contribution >= 4 is 29.2 Å². The third kappa shape index (κ3) is 3.54. The minimum Gasteiger partial charge on any atom is -0.354 e. The lowest BCUT2D eigenvalue weighted by Gasteiger charge is -2.03. The van der Waals surface area contributed by atoms with Crippen LogP contribution in [0.5, 0.6) is 0 Å². The number of anilines is 1. The summed E-state index contributed by atoms with van der Waals surface area (Å²) in [6.07, 6.45) is 2.66. The van der Waals surface area contributed by atoms with Crippen LogP contribution in [0.15, 0.2) is 12.3 Å². The molecule has 0 saturated heterocycles. The van der Waals surface area contributed by atoms with Crippen LogP contribution in [0.4, 0.5) is 5.95 Å². The summed E-state index contributed by atoms with van der Waals surface area (Å²) in [6, 6.07) is 1.95. The van der Waals surface area contributed by atoms with Gasteiger partial charge in [0, 0.05) is 26.2 Å². The van der Waals surface area contributed by atoms with Crippen molar-refractivity contribution in [2.24, 2.45) is 7.05 Å². The molecule has 0 aromatic carbocycles. The Hall–Kier alpha value is -1.40. The van der Waals surface area contributed by atoms with Gasteiger partial charge in [-0.15, -0.1) is 0 Å². The Balaban J connectivity index is 1.89. The fourth-order valence-electron chi connectivity index (χ4n) is 1.30. The minimum absolute atomic E-state index is 0.0744. The van der Waals surface area contributed by atoms with Crippen molar-refractivity contribution in [3.8, 4) is 0 Å². The second kappa shape index (κ2) is 5.29. The van der Waals surface area contributed by atoms with E-state index in [9.17, 15) is 0 Å². The van der Waals surface area contributed by atoms with Gasteiger partial charge in [0.25, 0.3) is 0 Å². The van der Waals surface area contributed by atoms with Crippen LogP contribution in [0.2, 0.25) is 10.6 Å². The third-order valence-corrected chi connectivity index (χ3v) is 2.35. The summed E-state index contributed by atoms with van der Waals surface area (Å²) < 4.78 is 1.76. The summed E-state index contributed by atoms with van der Waals surface area (Å²) in [7, 11) is 1.88. The van der Waals surface area contributed by atoms with Gasteiger partial charge in [0.05, 0.1) is 5.69 Å². The Kier molecular flexibility index (Phi) is 3.75. The molecule has 0 spiro atoms. The number of nitrogens with one attached hydrogen (secondary N) is 1. The molecular formula is C9H10Cl2N6. The van der Waals surface area contributed by atoms with E-state index in [4.69, 9.17) is 23.2 Å². The molecule has 0 radical (unpaired) electrons. The first-order valence-electron chi connectivity index (χ1n) is 4.93. The fraction of sp³-hybridized carbons (Fsp3) is 0.333. The lowest BCUT2D eigenvalue weighted by Crippen LogP contribution is -2.09. The van der Waals surface area contributed by atoms with Crippen molar-refractivity contribution in [1.82, 2.24) is 24.7 Å². The largest absolute Gasteiger partial charge is 0.354 e. The minimum atomic E-state index is 0.0744. The first-order chi connectivity index (χ1) is 8.13. The molecule has 2 heterocycles. The van der Waals surface area contributed by atoms with Crippen molar-refractivity contribution in [1.29, 1.82) is 0 Å². The highest BCUT2D eigenvalue weighted by Gasteiger charge is 2.03. The normalized spacial score (nSPS) is 10.5. The van der Waals surface area contributed by atoms with E-state index in [0.717, 1.165) is 12.1 Å². The maximum atomic E-state index is 5.65. The molecule has 0 unspecified atom stereocenters. The first-order valence-corrected chi connectivity index (χ1v) is 5.68. The number of rotatable bonds is 4. The number of aryl methyl sites for hydroxylation is 1. The Morgan fingerprint density at radius 3 is 2.53 bits per heavy atom. The van der Waals surface area contributed by atoms with Crippen molar-refractivity contribution in [2.45, 2.75) is 6.42 Å². The summed E-state index contributed by atoms with van der Waals surface area (Å²) >= 11 is 11.3. The van der Waals surface area contributed by atoms with Gasteiger partial charge in [0.2, 0.25) is 16.5 Å². The van der Waals surface area contributed by atoms with Crippen molar-refractivity contribution in [3.05, 3.63) is 28.5 Å². The van der Waals surface area contributed by atoms with Crippen LogP contribution in [0, 0.1) is 0 Å². The van der Waals surface area contributed by atoms with Crippen molar-refractivity contribution < 1.29 is 0 Å². The van der Waals surface area contributed by atoms with Crippen LogP contribution in [0.1, 0.15) is 5.69 Å². The van der Waals surface area contributed by atoms with Gasteiger partial charge in [0.15, 0.2) is 0 Å². The summed E-state index contributed by atoms with van der Waals surface area (Å²) in [5, 5.41) is 7.40. The highest BCUT2D eigenvalue weighted by atomic mass is 35.5. The SMILES string of the molecule is Cn1ccc(CCNc2nc(Cl)nc(Cl)n2)n1. The van der Waals surface area contributed by atoms with Gasteiger partial charge >= 0.3 is 0 Å². The number of aromatic nitrogens is 5. The van der Waals surface area contributed by atoms with Gasteiger partial charge in [-0.1, -0.05) is 0 Å². The molecule has 2 rings (SSSR count). The van der Waals surface area contributed by atoms with E-state index in [2.05, 4.69) is 25.4 Å². The molecule has 0 aliphatic heterocycles. The van der Waals surface area contributed by atoms with Crippen molar-refractivity contribution in [3.63, 3.8) is 0 Å². The predicted octanol–water partition coefficient (Wildman–Crippen LogP) is 1.57. The third-order valence-electron chi connectivity index (χ3n) is 2.01. The molecule has 2 aromatic heterocycles. The van der Waals surface area contributed by atoms with E-state index in [-0.39, 0.29) is 10.6 Å². The van der Waals surface area contributed by atoms with E-state index >= 15 is 0 Å². The predicted molar refractivity (Wildman–Crippen MR) is 65.2 cm³/mol. The lowest BCUT2D eigenvalue weighted by molar-refractivity contribution is 0.741. The second-order valence-corrected chi connectivity index (χ2v) is 4.03. The first kappa shape index (κ1) is 12.1. The molecule has 6 nitrogen and oxygen atoms in total. The standard InChI is InChI=1S/C9H10Cl2N6/c1-17-5-3-6(16-17)2-4-12-9-14-7(10)13-8(11)15-9/h3,5H,2,4H2,1H3,(H,12,13,14,15). The summed E-state index contributed by atoms with van der Waals surface area (Å²) in [6.45, 7) is 0.647. The van der Waals surface area contributed by atoms with E-state index in [0.29, 0.717) is 12.5 Å². The van der Waals surface area contributed by atoms with Crippen LogP contribution in [-0.2, 0) is 13.5 Å². The number of halogens is 2. The molecule has 0 aliphatic carbocycles. The molecule has 0 aliphatic rings. The van der Waals surface area contributed by atoms with E-state index in [1.54, 1.807) is 4.68 Å². The maximum Gasteiger partial charge on any atom is 0.228 e. The van der Waals surface area contributed by atoms with E-state index in [1.165, 1.54) is 0 Å². The number of hydrogen-bond donors (Lipinski definition) is 1. The number of nitrogens with zero attached hydrogens (tertiary/aromatic N) is 5. The molecule has 2 aromatic rings. The van der Waals surface area contributed by atoms with Gasteiger partial charge in [-0.2, -0.15) is 20.1 Å². The van der Waals surface area contributed by atoms with Crippen molar-refractivity contribution in [2.75, 3.05) is 11.9 Å². The van der Waals surface area contributed by atoms with Gasteiger partial charge < -0.3 is 5.32 Å². The Morgan fingerprint density at radius 1 is 1.24 bits per heavy atom. The topological polar surface area (TPSA) is 68.5 Å². The summed E-state index contributed by atoms with van der Waals surface area (Å²) in [5.74, 6) is 0.367. The van der Waals surface area contributed by atoms with Gasteiger partial charge in [-0.05, 0) is 29.3 Å². The van der Waals surface area contributed by atoms with Crippen LogP contribution < -0.4 is 5.32 Å². The average molecular weight is 273 g/mol. The monoisotopic (exact) mass is 272 g/mol. The molecule has 17 heavy (non-hydrogen) atoms. The van der Waals surface area contributed by atoms with Gasteiger partial charge in [-0.25, -0.2) is 0 Å². The van der Waals surface area contributed by atoms with Crippen LogP contribution in [0.25, 0.3) is 0 Å². The quantitative estimate of drug-likeness (QED) is 0.915. The lowest BCUT2D eigenvalue weighted by atomic mass is 10.3. The second-order valence-electron chi connectivity index (χ2n) is 3.35.